The zero-order valence-corrected chi connectivity index (χ0v) is 11.7. The Morgan fingerprint density at radius 1 is 1.26 bits per heavy atom. The van der Waals surface area contributed by atoms with Gasteiger partial charge in [0.1, 0.15) is 0 Å². The SMILES string of the molecule is Cn1ccc2cc(CNCC3CCNCC3)ccc21. The number of benzene rings is 1. The van der Waals surface area contributed by atoms with Crippen LogP contribution >= 0.6 is 0 Å². The zero-order valence-electron chi connectivity index (χ0n) is 11.7. The van der Waals surface area contributed by atoms with Gasteiger partial charge in [0.25, 0.3) is 0 Å². The van der Waals surface area contributed by atoms with E-state index in [9.17, 15) is 0 Å². The summed E-state index contributed by atoms with van der Waals surface area (Å²) < 4.78 is 2.17. The molecule has 2 heterocycles. The number of rotatable bonds is 4. The number of nitrogens with one attached hydrogen (secondary N) is 2. The number of aromatic nitrogens is 1. The highest BCUT2D eigenvalue weighted by molar-refractivity contribution is 5.80. The third kappa shape index (κ3) is 2.99. The molecule has 2 N–H and O–H groups in total. The summed E-state index contributed by atoms with van der Waals surface area (Å²) in [6, 6.07) is 8.94. The fourth-order valence-electron chi connectivity index (χ4n) is 2.95. The van der Waals surface area contributed by atoms with Gasteiger partial charge >= 0.3 is 0 Å². The third-order valence-electron chi connectivity index (χ3n) is 4.17. The van der Waals surface area contributed by atoms with Crippen LogP contribution in [0, 0.1) is 5.92 Å². The minimum atomic E-state index is 0.849. The van der Waals surface area contributed by atoms with Crippen LogP contribution in [0.3, 0.4) is 0 Å². The van der Waals surface area contributed by atoms with E-state index in [1.165, 1.54) is 42.4 Å². The molecule has 0 amide bonds. The molecule has 1 aromatic heterocycles. The molecule has 2 aromatic rings. The maximum absolute atomic E-state index is 3.61. The molecule has 1 fully saturated rings. The summed E-state index contributed by atoms with van der Waals surface area (Å²) in [5.74, 6) is 0.849. The molecule has 0 bridgehead atoms. The van der Waals surface area contributed by atoms with Crippen molar-refractivity contribution in [3.05, 3.63) is 36.0 Å². The Bertz CT molecular complexity index is 538. The lowest BCUT2D eigenvalue weighted by atomic mass is 9.98. The molecule has 3 nitrogen and oxygen atoms in total. The Balaban J connectivity index is 1.56. The molecule has 0 unspecified atom stereocenters. The van der Waals surface area contributed by atoms with Crippen molar-refractivity contribution in [1.82, 2.24) is 15.2 Å². The second-order valence-electron chi connectivity index (χ2n) is 5.64. The van der Waals surface area contributed by atoms with Crippen LogP contribution in [0.25, 0.3) is 10.9 Å². The first kappa shape index (κ1) is 12.7. The van der Waals surface area contributed by atoms with Crippen LogP contribution in [0.4, 0.5) is 0 Å². The maximum Gasteiger partial charge on any atom is 0.0477 e. The van der Waals surface area contributed by atoms with Gasteiger partial charge in [-0.1, -0.05) is 6.07 Å². The second-order valence-corrected chi connectivity index (χ2v) is 5.64. The minimum Gasteiger partial charge on any atom is -0.351 e. The molecule has 0 saturated carbocycles. The molecule has 1 aliphatic rings. The van der Waals surface area contributed by atoms with Crippen molar-refractivity contribution >= 4 is 10.9 Å². The fraction of sp³-hybridized carbons (Fsp3) is 0.500. The predicted octanol–water partition coefficient (Wildman–Crippen LogP) is 2.27. The van der Waals surface area contributed by atoms with E-state index in [1.54, 1.807) is 0 Å². The summed E-state index contributed by atoms with van der Waals surface area (Å²) in [7, 11) is 2.09. The van der Waals surface area contributed by atoms with Crippen molar-refractivity contribution in [2.45, 2.75) is 19.4 Å². The molecule has 102 valence electrons. The quantitative estimate of drug-likeness (QED) is 0.880. The van der Waals surface area contributed by atoms with Gasteiger partial charge in [0.15, 0.2) is 0 Å². The monoisotopic (exact) mass is 257 g/mol. The number of piperidine rings is 1. The van der Waals surface area contributed by atoms with Crippen molar-refractivity contribution in [2.75, 3.05) is 19.6 Å². The van der Waals surface area contributed by atoms with Crippen molar-refractivity contribution in [3.8, 4) is 0 Å². The predicted molar refractivity (Wildman–Crippen MR) is 80.2 cm³/mol. The highest BCUT2D eigenvalue weighted by Crippen LogP contribution is 2.17. The summed E-state index contributed by atoms with van der Waals surface area (Å²) in [5.41, 5.74) is 2.69. The van der Waals surface area contributed by atoms with Gasteiger partial charge < -0.3 is 15.2 Å². The first-order chi connectivity index (χ1) is 9.33. The summed E-state index contributed by atoms with van der Waals surface area (Å²) in [5, 5.41) is 8.36. The molecule has 1 saturated heterocycles. The first-order valence-electron chi connectivity index (χ1n) is 7.28. The lowest BCUT2D eigenvalue weighted by Gasteiger charge is -2.22. The average Bonchev–Trinajstić information content (AvgIpc) is 2.81. The molecule has 3 heteroatoms. The summed E-state index contributed by atoms with van der Waals surface area (Å²) in [6.07, 6.45) is 4.74. The van der Waals surface area contributed by atoms with E-state index in [0.29, 0.717) is 0 Å². The van der Waals surface area contributed by atoms with E-state index >= 15 is 0 Å². The normalized spacial score (nSPS) is 17.1. The van der Waals surface area contributed by atoms with Gasteiger partial charge in [-0.25, -0.2) is 0 Å². The number of aryl methyl sites for hydroxylation is 1. The topological polar surface area (TPSA) is 29.0 Å². The second kappa shape index (κ2) is 5.76. The third-order valence-corrected chi connectivity index (χ3v) is 4.17. The molecule has 19 heavy (non-hydrogen) atoms. The van der Waals surface area contributed by atoms with Crippen LogP contribution in [0.5, 0.6) is 0 Å². The van der Waals surface area contributed by atoms with E-state index in [2.05, 4.69) is 52.7 Å². The standard InChI is InChI=1S/C16H23N3/c1-19-9-6-15-10-14(2-3-16(15)19)12-18-11-13-4-7-17-8-5-13/h2-3,6,9-10,13,17-18H,4-5,7-8,11-12H2,1H3. The van der Waals surface area contributed by atoms with Crippen molar-refractivity contribution in [2.24, 2.45) is 13.0 Å². The number of hydrogen-bond donors (Lipinski definition) is 2. The van der Waals surface area contributed by atoms with Crippen molar-refractivity contribution in [1.29, 1.82) is 0 Å². The van der Waals surface area contributed by atoms with Crippen molar-refractivity contribution < 1.29 is 0 Å². The Hall–Kier alpha value is -1.32. The Kier molecular flexibility index (Phi) is 3.85. The summed E-state index contributed by atoms with van der Waals surface area (Å²) in [4.78, 5) is 0. The van der Waals surface area contributed by atoms with Gasteiger partial charge in [-0.2, -0.15) is 0 Å². The van der Waals surface area contributed by atoms with E-state index < -0.39 is 0 Å². The van der Waals surface area contributed by atoms with Crippen LogP contribution in [-0.4, -0.2) is 24.2 Å². The molecule has 0 aliphatic carbocycles. The number of fused-ring (bicyclic) bond motifs is 1. The smallest absolute Gasteiger partial charge is 0.0477 e. The molecular formula is C16H23N3. The van der Waals surface area contributed by atoms with Crippen LogP contribution < -0.4 is 10.6 Å². The van der Waals surface area contributed by atoms with E-state index in [0.717, 1.165) is 19.0 Å². The largest absolute Gasteiger partial charge is 0.351 e. The molecule has 1 aliphatic heterocycles. The highest BCUT2D eigenvalue weighted by atomic mass is 14.9. The van der Waals surface area contributed by atoms with E-state index in [-0.39, 0.29) is 0 Å². The molecule has 3 rings (SSSR count). The highest BCUT2D eigenvalue weighted by Gasteiger charge is 2.11. The van der Waals surface area contributed by atoms with E-state index in [4.69, 9.17) is 0 Å². The molecule has 0 spiro atoms. The van der Waals surface area contributed by atoms with Crippen LogP contribution in [-0.2, 0) is 13.6 Å². The Morgan fingerprint density at radius 3 is 2.95 bits per heavy atom. The summed E-state index contributed by atoms with van der Waals surface area (Å²) >= 11 is 0. The van der Waals surface area contributed by atoms with Gasteiger partial charge in [-0.3, -0.25) is 0 Å². The molecule has 0 radical (unpaired) electrons. The molecular weight excluding hydrogens is 234 g/mol. The molecule has 0 atom stereocenters. The van der Waals surface area contributed by atoms with Gasteiger partial charge in [0.05, 0.1) is 0 Å². The maximum atomic E-state index is 3.61. The molecule has 1 aromatic carbocycles. The van der Waals surface area contributed by atoms with Crippen molar-refractivity contribution in [3.63, 3.8) is 0 Å². The first-order valence-corrected chi connectivity index (χ1v) is 7.28. The summed E-state index contributed by atoms with van der Waals surface area (Å²) in [6.45, 7) is 4.49. The van der Waals surface area contributed by atoms with E-state index in [1.807, 2.05) is 0 Å². The lowest BCUT2D eigenvalue weighted by Crippen LogP contribution is -2.33. The lowest BCUT2D eigenvalue weighted by molar-refractivity contribution is 0.356. The van der Waals surface area contributed by atoms with Crippen LogP contribution in [0.2, 0.25) is 0 Å². The minimum absolute atomic E-state index is 0.849. The zero-order chi connectivity index (χ0) is 13.1. The Labute approximate surface area is 115 Å². The average molecular weight is 257 g/mol. The fourth-order valence-corrected chi connectivity index (χ4v) is 2.95. The van der Waals surface area contributed by atoms with Gasteiger partial charge in [-0.05, 0) is 67.5 Å². The number of nitrogens with zero attached hydrogens (tertiary/aromatic N) is 1. The number of hydrogen-bond acceptors (Lipinski definition) is 2. The van der Waals surface area contributed by atoms with Gasteiger partial charge in [0, 0.05) is 25.3 Å². The Morgan fingerprint density at radius 2 is 2.11 bits per heavy atom. The van der Waals surface area contributed by atoms with Gasteiger partial charge in [0.2, 0.25) is 0 Å². The van der Waals surface area contributed by atoms with Gasteiger partial charge in [-0.15, -0.1) is 0 Å². The van der Waals surface area contributed by atoms with Crippen LogP contribution in [0.1, 0.15) is 18.4 Å². The van der Waals surface area contributed by atoms with Crippen LogP contribution in [0.15, 0.2) is 30.5 Å².